The average molecular weight is 208 g/mol. The van der Waals surface area contributed by atoms with Crippen molar-refractivity contribution in [1.82, 2.24) is 9.88 Å². The maximum Gasteiger partial charge on any atom is 0.267 e. The van der Waals surface area contributed by atoms with Crippen LogP contribution in [0.2, 0.25) is 0 Å². The Morgan fingerprint density at radius 2 is 2.33 bits per heavy atom. The second-order valence-corrected chi connectivity index (χ2v) is 3.54. The number of nitrogens with zero attached hydrogens (tertiary/aromatic N) is 1. The number of carbonyl (C=O) groups is 1. The first-order chi connectivity index (χ1) is 7.15. The van der Waals surface area contributed by atoms with Gasteiger partial charge in [0.05, 0.1) is 0 Å². The van der Waals surface area contributed by atoms with Crippen LogP contribution in [0, 0.1) is 0 Å². The summed E-state index contributed by atoms with van der Waals surface area (Å²) in [6.45, 7) is 0.623. The lowest BCUT2D eigenvalue weighted by molar-refractivity contribution is 0.0958. The molecule has 2 heterocycles. The molecule has 5 heteroatoms. The van der Waals surface area contributed by atoms with Gasteiger partial charge >= 0.3 is 0 Å². The number of aromatic hydroxyl groups is 1. The first-order valence-electron chi connectivity index (χ1n) is 4.83. The van der Waals surface area contributed by atoms with Crippen LogP contribution in [0.3, 0.4) is 0 Å². The number of rotatable bonds is 1. The topological polar surface area (TPSA) is 71.3 Å². The van der Waals surface area contributed by atoms with Gasteiger partial charge in [-0.15, -0.1) is 0 Å². The van der Waals surface area contributed by atoms with Gasteiger partial charge in [-0.3, -0.25) is 9.59 Å². The van der Waals surface area contributed by atoms with Gasteiger partial charge in [-0.1, -0.05) is 0 Å². The fraction of sp³-hybridized carbons (Fsp3) is 0.400. The first-order valence-corrected chi connectivity index (χ1v) is 4.83. The number of amides is 1. The zero-order valence-corrected chi connectivity index (χ0v) is 8.41. The Bertz CT molecular complexity index is 476. The van der Waals surface area contributed by atoms with Crippen molar-refractivity contribution in [2.75, 3.05) is 7.05 Å². The molecule has 2 rings (SSSR count). The maximum atomic E-state index is 11.8. The van der Waals surface area contributed by atoms with Crippen LogP contribution in [0.5, 0.6) is 5.75 Å². The van der Waals surface area contributed by atoms with E-state index >= 15 is 0 Å². The van der Waals surface area contributed by atoms with Gasteiger partial charge in [0, 0.05) is 25.4 Å². The number of carbonyl (C=O) groups excluding carboxylic acids is 1. The summed E-state index contributed by atoms with van der Waals surface area (Å²) < 4.78 is 1.55. The third kappa shape index (κ3) is 1.40. The molecular formula is C10H12N2O3. The van der Waals surface area contributed by atoms with Crippen molar-refractivity contribution in [1.29, 1.82) is 0 Å². The summed E-state index contributed by atoms with van der Waals surface area (Å²) in [7, 11) is 1.43. The van der Waals surface area contributed by atoms with Crippen molar-refractivity contribution < 1.29 is 9.90 Å². The van der Waals surface area contributed by atoms with E-state index in [-0.39, 0.29) is 11.3 Å². The minimum atomic E-state index is -0.542. The Kier molecular flexibility index (Phi) is 2.22. The molecule has 0 aliphatic carbocycles. The summed E-state index contributed by atoms with van der Waals surface area (Å²) >= 11 is 0. The fourth-order valence-electron chi connectivity index (χ4n) is 1.89. The molecule has 0 saturated carbocycles. The molecule has 1 aromatic rings. The number of nitrogens with one attached hydrogen (secondary N) is 1. The van der Waals surface area contributed by atoms with Crippen molar-refractivity contribution in [3.8, 4) is 5.75 Å². The van der Waals surface area contributed by atoms with Gasteiger partial charge in [0.1, 0.15) is 11.3 Å². The van der Waals surface area contributed by atoms with Gasteiger partial charge in [0.2, 0.25) is 0 Å². The predicted octanol–water partition coefficient (Wildman–Crippen LogP) is -0.140. The Morgan fingerprint density at radius 3 is 3.00 bits per heavy atom. The number of aromatic nitrogens is 1. The SMILES string of the molecule is CNC(=O)c1c(O)cc2n(c1=O)CCC2. The van der Waals surface area contributed by atoms with Crippen LogP contribution >= 0.6 is 0 Å². The average Bonchev–Trinajstić information content (AvgIpc) is 2.65. The van der Waals surface area contributed by atoms with Gasteiger partial charge in [-0.25, -0.2) is 0 Å². The number of hydrogen-bond donors (Lipinski definition) is 2. The summed E-state index contributed by atoms with van der Waals surface area (Å²) in [5, 5.41) is 11.9. The smallest absolute Gasteiger partial charge is 0.267 e. The summed E-state index contributed by atoms with van der Waals surface area (Å²) in [5.41, 5.74) is 0.232. The molecule has 0 atom stereocenters. The first kappa shape index (κ1) is 9.76. The highest BCUT2D eigenvalue weighted by atomic mass is 16.3. The van der Waals surface area contributed by atoms with Crippen LogP contribution in [0.15, 0.2) is 10.9 Å². The largest absolute Gasteiger partial charge is 0.507 e. The Labute approximate surface area is 86.3 Å². The summed E-state index contributed by atoms with van der Waals surface area (Å²) in [4.78, 5) is 23.2. The van der Waals surface area contributed by atoms with Crippen LogP contribution in [-0.2, 0) is 13.0 Å². The summed E-state index contributed by atoms with van der Waals surface area (Å²) in [5.74, 6) is -0.771. The van der Waals surface area contributed by atoms with E-state index < -0.39 is 11.5 Å². The summed E-state index contributed by atoms with van der Waals surface area (Å²) in [6, 6.07) is 1.50. The quantitative estimate of drug-likeness (QED) is 0.674. The molecule has 1 aliphatic rings. The molecular weight excluding hydrogens is 196 g/mol. The second-order valence-electron chi connectivity index (χ2n) is 3.54. The second kappa shape index (κ2) is 3.42. The van der Waals surface area contributed by atoms with Crippen LogP contribution in [0.25, 0.3) is 0 Å². The highest BCUT2D eigenvalue weighted by molar-refractivity contribution is 5.96. The van der Waals surface area contributed by atoms with Gasteiger partial charge < -0.3 is 15.0 Å². The van der Waals surface area contributed by atoms with Crippen molar-refractivity contribution in [3.63, 3.8) is 0 Å². The standard InChI is InChI=1S/C10H12N2O3/c1-11-9(14)8-7(13)5-6-3-2-4-12(6)10(8)15/h5,13H,2-4H2,1H3,(H,11,14). The van der Waals surface area contributed by atoms with Crippen LogP contribution in [0.1, 0.15) is 22.5 Å². The molecule has 0 fully saturated rings. The van der Waals surface area contributed by atoms with Gasteiger partial charge in [-0.05, 0) is 12.8 Å². The number of hydrogen-bond acceptors (Lipinski definition) is 3. The molecule has 15 heavy (non-hydrogen) atoms. The van der Waals surface area contributed by atoms with E-state index in [1.807, 2.05) is 0 Å². The van der Waals surface area contributed by atoms with E-state index in [0.717, 1.165) is 18.5 Å². The number of pyridine rings is 1. The monoisotopic (exact) mass is 208 g/mol. The van der Waals surface area contributed by atoms with Gasteiger partial charge in [-0.2, -0.15) is 0 Å². The zero-order valence-electron chi connectivity index (χ0n) is 8.41. The highest BCUT2D eigenvalue weighted by Crippen LogP contribution is 2.20. The van der Waals surface area contributed by atoms with Crippen molar-refractivity contribution in [2.45, 2.75) is 19.4 Å². The van der Waals surface area contributed by atoms with E-state index in [0.29, 0.717) is 6.54 Å². The highest BCUT2D eigenvalue weighted by Gasteiger charge is 2.21. The molecule has 0 saturated heterocycles. The van der Waals surface area contributed by atoms with Gasteiger partial charge in [0.25, 0.3) is 11.5 Å². The lowest BCUT2D eigenvalue weighted by Gasteiger charge is -2.07. The van der Waals surface area contributed by atoms with Gasteiger partial charge in [0.15, 0.2) is 0 Å². The van der Waals surface area contributed by atoms with Crippen LogP contribution in [0.4, 0.5) is 0 Å². The van der Waals surface area contributed by atoms with E-state index in [1.54, 1.807) is 4.57 Å². The van der Waals surface area contributed by atoms with E-state index in [9.17, 15) is 14.7 Å². The molecule has 1 amide bonds. The maximum absolute atomic E-state index is 11.8. The Morgan fingerprint density at radius 1 is 1.60 bits per heavy atom. The molecule has 1 aromatic heterocycles. The van der Waals surface area contributed by atoms with Crippen LogP contribution in [-0.4, -0.2) is 22.6 Å². The Hall–Kier alpha value is -1.78. The van der Waals surface area contributed by atoms with E-state index in [4.69, 9.17) is 0 Å². The molecule has 0 radical (unpaired) electrons. The third-order valence-corrected chi connectivity index (χ3v) is 2.63. The van der Waals surface area contributed by atoms with E-state index in [2.05, 4.69) is 5.32 Å². The molecule has 2 N–H and O–H groups in total. The molecule has 5 nitrogen and oxygen atoms in total. The van der Waals surface area contributed by atoms with Crippen molar-refractivity contribution in [3.05, 3.63) is 27.7 Å². The molecule has 0 bridgehead atoms. The minimum absolute atomic E-state index is 0.164. The third-order valence-electron chi connectivity index (χ3n) is 2.63. The normalized spacial score (nSPS) is 13.7. The molecule has 0 spiro atoms. The number of aryl methyl sites for hydroxylation is 1. The predicted molar refractivity (Wildman–Crippen MR) is 54.1 cm³/mol. The Balaban J connectivity index is 2.67. The lowest BCUT2D eigenvalue weighted by Crippen LogP contribution is -2.31. The van der Waals surface area contributed by atoms with E-state index in [1.165, 1.54) is 13.1 Å². The zero-order chi connectivity index (χ0) is 11.0. The van der Waals surface area contributed by atoms with Crippen molar-refractivity contribution in [2.24, 2.45) is 0 Å². The molecule has 0 unspecified atom stereocenters. The minimum Gasteiger partial charge on any atom is -0.507 e. The fourth-order valence-corrected chi connectivity index (χ4v) is 1.89. The molecule has 0 aromatic carbocycles. The molecule has 1 aliphatic heterocycles. The molecule has 80 valence electrons. The summed E-state index contributed by atoms with van der Waals surface area (Å²) in [6.07, 6.45) is 1.66. The number of fused-ring (bicyclic) bond motifs is 1. The van der Waals surface area contributed by atoms with Crippen LogP contribution < -0.4 is 10.9 Å². The van der Waals surface area contributed by atoms with Crippen molar-refractivity contribution >= 4 is 5.91 Å². The lowest BCUT2D eigenvalue weighted by atomic mass is 10.2.